The molecule has 418 valence electrons. The minimum atomic E-state index is -0.847. The molecule has 2 atom stereocenters. The molecule has 0 aromatic carbocycles. The lowest BCUT2D eigenvalue weighted by molar-refractivity contribution is -0.143. The van der Waals surface area contributed by atoms with E-state index < -0.39 is 12.1 Å². The van der Waals surface area contributed by atoms with Crippen molar-refractivity contribution in [3.05, 3.63) is 36.5 Å². The quantitative estimate of drug-likeness (QED) is 0.0321. The molecule has 1 amide bonds. The lowest BCUT2D eigenvalue weighted by Crippen LogP contribution is -2.45. The number of nitrogens with one attached hydrogen (secondary N) is 1. The summed E-state index contributed by atoms with van der Waals surface area (Å²) >= 11 is 0. The summed E-state index contributed by atoms with van der Waals surface area (Å²) in [7, 11) is 0. The van der Waals surface area contributed by atoms with Gasteiger partial charge < -0.3 is 20.3 Å². The number of rotatable bonds is 59. The highest BCUT2D eigenvalue weighted by Gasteiger charge is 2.18. The minimum Gasteiger partial charge on any atom is -0.466 e. The molecule has 0 radical (unpaired) electrons. The molecule has 3 N–H and O–H groups in total. The van der Waals surface area contributed by atoms with Gasteiger partial charge in [-0.05, 0) is 64.2 Å². The lowest BCUT2D eigenvalue weighted by atomic mass is 10.0. The summed E-state index contributed by atoms with van der Waals surface area (Å²) in [5.74, 6) is -0.0680. The maximum atomic E-state index is 12.5. The third-order valence-corrected chi connectivity index (χ3v) is 14.7. The average Bonchev–Trinajstić information content (AvgIpc) is 3.37. The maximum absolute atomic E-state index is 12.5. The zero-order valence-corrected chi connectivity index (χ0v) is 47.7. The Morgan fingerprint density at radius 3 is 1.10 bits per heavy atom. The maximum Gasteiger partial charge on any atom is 0.305 e. The van der Waals surface area contributed by atoms with E-state index >= 15 is 0 Å². The average molecular weight is 999 g/mol. The van der Waals surface area contributed by atoms with Crippen LogP contribution in [0.4, 0.5) is 0 Å². The molecule has 0 heterocycles. The normalized spacial score (nSPS) is 12.8. The number of aliphatic hydroxyl groups is 2. The van der Waals surface area contributed by atoms with Crippen molar-refractivity contribution in [1.29, 1.82) is 0 Å². The predicted octanol–water partition coefficient (Wildman–Crippen LogP) is 20.0. The monoisotopic (exact) mass is 998 g/mol. The van der Waals surface area contributed by atoms with Crippen molar-refractivity contribution >= 4 is 11.9 Å². The Labute approximate surface area is 443 Å². The van der Waals surface area contributed by atoms with Crippen LogP contribution in [-0.4, -0.2) is 47.4 Å². The first-order valence-electron chi connectivity index (χ1n) is 31.8. The first-order chi connectivity index (χ1) is 35.0. The number of amides is 1. The summed E-state index contributed by atoms with van der Waals surface area (Å²) < 4.78 is 5.49. The number of unbranched alkanes of at least 4 members (excludes halogenated alkanes) is 44. The van der Waals surface area contributed by atoms with E-state index in [2.05, 4.69) is 43.5 Å². The van der Waals surface area contributed by atoms with Crippen molar-refractivity contribution in [2.45, 2.75) is 353 Å². The van der Waals surface area contributed by atoms with Crippen molar-refractivity contribution in [3.63, 3.8) is 0 Å². The molecule has 0 aliphatic heterocycles. The van der Waals surface area contributed by atoms with Crippen LogP contribution in [0, 0.1) is 0 Å². The van der Waals surface area contributed by atoms with Gasteiger partial charge in [-0.25, -0.2) is 0 Å². The number of carbonyl (C=O) groups is 2. The van der Waals surface area contributed by atoms with Crippen LogP contribution in [-0.2, 0) is 14.3 Å². The van der Waals surface area contributed by atoms with Gasteiger partial charge in [-0.1, -0.05) is 301 Å². The van der Waals surface area contributed by atoms with Gasteiger partial charge >= 0.3 is 5.97 Å². The Morgan fingerprint density at radius 2 is 0.704 bits per heavy atom. The summed E-state index contributed by atoms with van der Waals surface area (Å²) in [6.45, 7) is 4.89. The molecular weight excluding hydrogens is 875 g/mol. The van der Waals surface area contributed by atoms with Crippen molar-refractivity contribution in [2.24, 2.45) is 0 Å². The van der Waals surface area contributed by atoms with Crippen LogP contribution >= 0.6 is 0 Å². The molecule has 0 saturated heterocycles. The van der Waals surface area contributed by atoms with Gasteiger partial charge in [0.15, 0.2) is 0 Å². The molecule has 0 aromatic heterocycles. The molecular formula is C65H123NO5. The van der Waals surface area contributed by atoms with Gasteiger partial charge in [-0.15, -0.1) is 0 Å². The molecule has 71 heavy (non-hydrogen) atoms. The standard InChI is InChI=1S/C65H123NO5/c1-3-5-7-9-11-13-15-17-19-21-26-29-33-37-41-45-49-53-57-63(68)62(61-67)66-64(69)58-54-50-46-42-38-34-30-27-23-22-24-28-32-36-40-44-48-52-56-60-71-65(70)59-55-51-47-43-39-35-31-25-20-18-16-14-12-10-8-6-4-2/h12,14,18,20,53,57,62-63,67-68H,3-11,13,15-17,19,21-52,54-56,58-61H2,1-2H3,(H,66,69)/b14-12-,20-18-,57-53+. The fraction of sp³-hybridized carbons (Fsp3) is 0.877. The Hall–Kier alpha value is -1.92. The van der Waals surface area contributed by atoms with Crippen LogP contribution in [0.25, 0.3) is 0 Å². The van der Waals surface area contributed by atoms with Gasteiger partial charge in [-0.2, -0.15) is 0 Å². The van der Waals surface area contributed by atoms with Gasteiger partial charge in [0, 0.05) is 12.8 Å². The highest BCUT2D eigenvalue weighted by Crippen LogP contribution is 2.18. The summed E-state index contributed by atoms with van der Waals surface area (Å²) in [6.07, 6.45) is 76.1. The van der Waals surface area contributed by atoms with E-state index in [0.717, 1.165) is 51.4 Å². The van der Waals surface area contributed by atoms with Gasteiger partial charge in [-0.3, -0.25) is 9.59 Å². The van der Waals surface area contributed by atoms with E-state index in [0.29, 0.717) is 19.4 Å². The number of hydrogen-bond acceptors (Lipinski definition) is 5. The summed E-state index contributed by atoms with van der Waals surface area (Å²) in [5.41, 5.74) is 0. The summed E-state index contributed by atoms with van der Waals surface area (Å²) in [5, 5.41) is 23.2. The van der Waals surface area contributed by atoms with Gasteiger partial charge in [0.25, 0.3) is 0 Å². The second-order valence-electron chi connectivity index (χ2n) is 21.7. The van der Waals surface area contributed by atoms with E-state index in [9.17, 15) is 19.8 Å². The number of aliphatic hydroxyl groups excluding tert-OH is 2. The van der Waals surface area contributed by atoms with Crippen LogP contribution < -0.4 is 5.32 Å². The fourth-order valence-corrected chi connectivity index (χ4v) is 9.78. The minimum absolute atomic E-state index is 0.000815. The Balaban J connectivity index is 3.43. The smallest absolute Gasteiger partial charge is 0.305 e. The number of carbonyl (C=O) groups excluding carboxylic acids is 2. The molecule has 0 spiro atoms. The van der Waals surface area contributed by atoms with Crippen LogP contribution in [0.1, 0.15) is 341 Å². The molecule has 6 nitrogen and oxygen atoms in total. The number of hydrogen-bond donors (Lipinski definition) is 3. The Morgan fingerprint density at radius 1 is 0.394 bits per heavy atom. The molecule has 0 aromatic rings. The van der Waals surface area contributed by atoms with Crippen LogP contribution in [0.3, 0.4) is 0 Å². The zero-order valence-electron chi connectivity index (χ0n) is 47.7. The molecule has 0 rings (SSSR count). The highest BCUT2D eigenvalue weighted by molar-refractivity contribution is 5.76. The van der Waals surface area contributed by atoms with Crippen LogP contribution in [0.15, 0.2) is 36.5 Å². The molecule has 0 aliphatic carbocycles. The van der Waals surface area contributed by atoms with E-state index in [1.165, 1.54) is 263 Å². The number of ether oxygens (including phenoxy) is 1. The second-order valence-corrected chi connectivity index (χ2v) is 21.7. The van der Waals surface area contributed by atoms with E-state index in [1.54, 1.807) is 6.08 Å². The Bertz CT molecular complexity index is 1150. The third kappa shape index (κ3) is 57.2. The summed E-state index contributed by atoms with van der Waals surface area (Å²) in [4.78, 5) is 24.6. The second kappa shape index (κ2) is 60.6. The zero-order chi connectivity index (χ0) is 51.4. The predicted molar refractivity (Wildman–Crippen MR) is 310 cm³/mol. The van der Waals surface area contributed by atoms with Crippen LogP contribution in [0.5, 0.6) is 0 Å². The first kappa shape index (κ1) is 69.1. The topological polar surface area (TPSA) is 95.9 Å². The Kier molecular flexibility index (Phi) is 59.0. The first-order valence-corrected chi connectivity index (χ1v) is 31.8. The lowest BCUT2D eigenvalue weighted by Gasteiger charge is -2.20. The van der Waals surface area contributed by atoms with Crippen molar-refractivity contribution in [1.82, 2.24) is 5.32 Å². The van der Waals surface area contributed by atoms with E-state index in [-0.39, 0.29) is 18.5 Å². The van der Waals surface area contributed by atoms with E-state index in [4.69, 9.17) is 4.74 Å². The third-order valence-electron chi connectivity index (χ3n) is 14.7. The molecule has 0 bridgehead atoms. The van der Waals surface area contributed by atoms with Crippen LogP contribution in [0.2, 0.25) is 0 Å². The van der Waals surface area contributed by atoms with Crippen molar-refractivity contribution in [2.75, 3.05) is 13.2 Å². The SMILES string of the molecule is CCCCC/C=C\C/C=C\CCCCCCCCCC(=O)OCCCCCCCCCCCCCCCCCCCCCC(=O)NC(CO)C(O)/C=C/CCCCCCCCCCCCCCCCCC. The molecule has 0 saturated carbocycles. The molecule has 0 aliphatic rings. The number of allylic oxidation sites excluding steroid dienone is 5. The van der Waals surface area contributed by atoms with E-state index in [1.807, 2.05) is 6.08 Å². The largest absolute Gasteiger partial charge is 0.466 e. The number of esters is 1. The van der Waals surface area contributed by atoms with Gasteiger partial charge in [0.05, 0.1) is 25.4 Å². The highest BCUT2D eigenvalue weighted by atomic mass is 16.5. The van der Waals surface area contributed by atoms with Gasteiger partial charge in [0.1, 0.15) is 0 Å². The fourth-order valence-electron chi connectivity index (χ4n) is 9.78. The molecule has 0 fully saturated rings. The molecule has 6 heteroatoms. The van der Waals surface area contributed by atoms with Gasteiger partial charge in [0.2, 0.25) is 5.91 Å². The van der Waals surface area contributed by atoms with Crippen molar-refractivity contribution in [3.8, 4) is 0 Å². The summed E-state index contributed by atoms with van der Waals surface area (Å²) in [6, 6.07) is -0.631. The van der Waals surface area contributed by atoms with Crippen molar-refractivity contribution < 1.29 is 24.5 Å². The molecule has 2 unspecified atom stereocenters.